The van der Waals surface area contributed by atoms with E-state index in [0.717, 1.165) is 70.3 Å². The Labute approximate surface area is 175 Å². The van der Waals surface area contributed by atoms with Gasteiger partial charge in [-0.05, 0) is 65.0 Å². The second-order valence-corrected chi connectivity index (χ2v) is 9.11. The van der Waals surface area contributed by atoms with E-state index in [1.165, 1.54) is 6.42 Å². The van der Waals surface area contributed by atoms with Crippen LogP contribution in [0.2, 0.25) is 0 Å². The first-order valence-corrected chi connectivity index (χ1v) is 11.5. The zero-order valence-corrected chi connectivity index (χ0v) is 18.3. The first-order valence-electron chi connectivity index (χ1n) is 11.5. The van der Waals surface area contributed by atoms with E-state index >= 15 is 0 Å². The third kappa shape index (κ3) is 5.74. The zero-order chi connectivity index (χ0) is 20.9. The minimum atomic E-state index is -0.449. The molecular weight excluding hydrogens is 368 g/mol. The number of carbonyl (C=O) groups excluding carboxylic acids is 2. The van der Waals surface area contributed by atoms with Crippen LogP contribution >= 0.6 is 0 Å². The standard InChI is InChI=1S/C23H38N2O4/c1-4-23(11-6-7-12-23)29-22(27)19-16-25(18(2)3)15-10-20(19)28-21(26)17-24-13-8-5-9-14-24/h19-20H,2,4-17H2,1,3H3. The van der Waals surface area contributed by atoms with Gasteiger partial charge in [0, 0.05) is 25.2 Å². The second kappa shape index (κ2) is 9.96. The SMILES string of the molecule is C=C(C)N1CCC(OC(=O)CN2CCCCC2)C(C(=O)OC2(CC)CCCC2)C1. The van der Waals surface area contributed by atoms with Crippen LogP contribution in [0.5, 0.6) is 0 Å². The highest BCUT2D eigenvalue weighted by atomic mass is 16.6. The lowest BCUT2D eigenvalue weighted by Gasteiger charge is -2.40. The largest absolute Gasteiger partial charge is 0.460 e. The quantitative estimate of drug-likeness (QED) is 0.603. The molecule has 0 radical (unpaired) electrons. The Balaban J connectivity index is 1.64. The molecule has 3 fully saturated rings. The number of hydrogen-bond donors (Lipinski definition) is 0. The average Bonchev–Trinajstić information content (AvgIpc) is 3.17. The summed E-state index contributed by atoms with van der Waals surface area (Å²) in [5.74, 6) is -0.880. The fourth-order valence-corrected chi connectivity index (χ4v) is 4.99. The summed E-state index contributed by atoms with van der Waals surface area (Å²) in [5.41, 5.74) is 0.609. The van der Waals surface area contributed by atoms with Crippen LogP contribution in [-0.4, -0.2) is 66.2 Å². The van der Waals surface area contributed by atoms with Gasteiger partial charge in [-0.2, -0.15) is 0 Å². The maximum absolute atomic E-state index is 13.2. The van der Waals surface area contributed by atoms with E-state index in [1.54, 1.807) is 0 Å². The van der Waals surface area contributed by atoms with Gasteiger partial charge in [0.2, 0.25) is 0 Å². The van der Waals surface area contributed by atoms with Gasteiger partial charge in [-0.3, -0.25) is 14.5 Å². The first-order chi connectivity index (χ1) is 13.9. The van der Waals surface area contributed by atoms with Gasteiger partial charge in [-0.15, -0.1) is 0 Å². The van der Waals surface area contributed by atoms with Crippen molar-refractivity contribution in [2.75, 3.05) is 32.7 Å². The van der Waals surface area contributed by atoms with Gasteiger partial charge in [0.15, 0.2) is 0 Å². The van der Waals surface area contributed by atoms with Crippen molar-refractivity contribution in [2.24, 2.45) is 5.92 Å². The molecule has 29 heavy (non-hydrogen) atoms. The van der Waals surface area contributed by atoms with E-state index in [-0.39, 0.29) is 17.5 Å². The third-order valence-corrected chi connectivity index (χ3v) is 6.95. The summed E-state index contributed by atoms with van der Waals surface area (Å²) >= 11 is 0. The Morgan fingerprint density at radius 3 is 2.38 bits per heavy atom. The summed E-state index contributed by atoms with van der Waals surface area (Å²) in [7, 11) is 0. The van der Waals surface area contributed by atoms with Crippen molar-refractivity contribution in [3.8, 4) is 0 Å². The molecule has 6 nitrogen and oxygen atoms in total. The van der Waals surface area contributed by atoms with Crippen LogP contribution in [0.1, 0.15) is 71.6 Å². The molecule has 1 saturated carbocycles. The molecule has 0 aromatic rings. The fourth-order valence-electron chi connectivity index (χ4n) is 4.99. The van der Waals surface area contributed by atoms with Crippen molar-refractivity contribution >= 4 is 11.9 Å². The minimum Gasteiger partial charge on any atom is -0.460 e. The molecule has 0 N–H and O–H groups in total. The van der Waals surface area contributed by atoms with Gasteiger partial charge >= 0.3 is 11.9 Å². The maximum atomic E-state index is 13.2. The summed E-state index contributed by atoms with van der Waals surface area (Å²) in [5, 5.41) is 0. The number of ether oxygens (including phenoxy) is 2. The third-order valence-electron chi connectivity index (χ3n) is 6.95. The number of esters is 2. The topological polar surface area (TPSA) is 59.1 Å². The van der Waals surface area contributed by atoms with Gasteiger partial charge in [0.05, 0.1) is 6.54 Å². The van der Waals surface area contributed by atoms with Gasteiger partial charge in [-0.25, -0.2) is 0 Å². The van der Waals surface area contributed by atoms with Crippen molar-refractivity contribution in [2.45, 2.75) is 83.3 Å². The van der Waals surface area contributed by atoms with E-state index in [2.05, 4.69) is 23.3 Å². The zero-order valence-electron chi connectivity index (χ0n) is 18.3. The van der Waals surface area contributed by atoms with E-state index in [4.69, 9.17) is 9.47 Å². The Hall–Kier alpha value is -1.56. The van der Waals surface area contributed by atoms with Gasteiger partial charge in [0.25, 0.3) is 0 Å². The molecule has 2 aliphatic heterocycles. The smallest absolute Gasteiger partial charge is 0.320 e. The maximum Gasteiger partial charge on any atom is 0.320 e. The van der Waals surface area contributed by atoms with Crippen LogP contribution in [0.3, 0.4) is 0 Å². The summed E-state index contributed by atoms with van der Waals surface area (Å²) in [6.45, 7) is 11.6. The van der Waals surface area contributed by atoms with Crippen LogP contribution in [0.15, 0.2) is 12.3 Å². The monoisotopic (exact) mass is 406 g/mol. The lowest BCUT2D eigenvalue weighted by Crippen LogP contribution is -2.50. The molecule has 2 atom stereocenters. The number of allylic oxidation sites excluding steroid dienone is 1. The van der Waals surface area contributed by atoms with Crippen molar-refractivity contribution in [3.63, 3.8) is 0 Å². The molecule has 0 aromatic heterocycles. The van der Waals surface area contributed by atoms with Crippen LogP contribution < -0.4 is 0 Å². The molecule has 2 unspecified atom stereocenters. The summed E-state index contributed by atoms with van der Waals surface area (Å²) < 4.78 is 11.9. The van der Waals surface area contributed by atoms with Crippen molar-refractivity contribution in [1.29, 1.82) is 0 Å². The van der Waals surface area contributed by atoms with Crippen LogP contribution in [0.25, 0.3) is 0 Å². The van der Waals surface area contributed by atoms with Crippen molar-refractivity contribution in [3.05, 3.63) is 12.3 Å². The molecule has 0 spiro atoms. The van der Waals surface area contributed by atoms with Crippen LogP contribution in [0.4, 0.5) is 0 Å². The minimum absolute atomic E-state index is 0.213. The van der Waals surface area contributed by atoms with Gasteiger partial charge < -0.3 is 14.4 Å². The summed E-state index contributed by atoms with van der Waals surface area (Å²) in [4.78, 5) is 30.0. The van der Waals surface area contributed by atoms with E-state index in [0.29, 0.717) is 19.5 Å². The lowest BCUT2D eigenvalue weighted by atomic mass is 9.92. The summed E-state index contributed by atoms with van der Waals surface area (Å²) in [6.07, 6.45) is 8.67. The number of hydrogen-bond acceptors (Lipinski definition) is 6. The number of rotatable bonds is 7. The average molecular weight is 407 g/mol. The molecule has 2 heterocycles. The fraction of sp³-hybridized carbons (Fsp3) is 0.826. The molecule has 2 saturated heterocycles. The van der Waals surface area contributed by atoms with Crippen LogP contribution in [-0.2, 0) is 19.1 Å². The van der Waals surface area contributed by atoms with E-state index in [1.807, 2.05) is 6.92 Å². The van der Waals surface area contributed by atoms with Gasteiger partial charge in [0.1, 0.15) is 17.6 Å². The molecule has 0 amide bonds. The normalized spacial score (nSPS) is 27.4. The summed E-state index contributed by atoms with van der Waals surface area (Å²) in [6, 6.07) is 0. The highest BCUT2D eigenvalue weighted by molar-refractivity contribution is 5.76. The highest BCUT2D eigenvalue weighted by Gasteiger charge is 2.43. The van der Waals surface area contributed by atoms with Crippen molar-refractivity contribution < 1.29 is 19.1 Å². The predicted octanol–water partition coefficient (Wildman–Crippen LogP) is 3.51. The number of piperidine rings is 2. The predicted molar refractivity (Wildman–Crippen MR) is 112 cm³/mol. The molecule has 1 aliphatic carbocycles. The first kappa shape index (κ1) is 22.1. The Kier molecular flexibility index (Phi) is 7.60. The molecular formula is C23H38N2O4. The highest BCUT2D eigenvalue weighted by Crippen LogP contribution is 2.37. The molecule has 0 aromatic carbocycles. The Morgan fingerprint density at radius 1 is 1.07 bits per heavy atom. The van der Waals surface area contributed by atoms with Gasteiger partial charge in [-0.1, -0.05) is 19.9 Å². The molecule has 6 heteroatoms. The Morgan fingerprint density at radius 2 is 1.76 bits per heavy atom. The molecule has 3 aliphatic rings. The molecule has 3 rings (SSSR count). The number of likely N-dealkylation sites (tertiary alicyclic amines) is 2. The molecule has 0 bridgehead atoms. The second-order valence-electron chi connectivity index (χ2n) is 9.11. The molecule has 164 valence electrons. The number of carbonyl (C=O) groups is 2. The van der Waals surface area contributed by atoms with E-state index < -0.39 is 12.0 Å². The van der Waals surface area contributed by atoms with Crippen LogP contribution in [0, 0.1) is 5.92 Å². The van der Waals surface area contributed by atoms with Crippen molar-refractivity contribution in [1.82, 2.24) is 9.80 Å². The number of nitrogens with zero attached hydrogens (tertiary/aromatic N) is 2. The lowest BCUT2D eigenvalue weighted by molar-refractivity contribution is -0.177. The Bertz CT molecular complexity index is 594. The van der Waals surface area contributed by atoms with E-state index in [9.17, 15) is 9.59 Å².